The summed E-state index contributed by atoms with van der Waals surface area (Å²) in [4.78, 5) is 21.7. The van der Waals surface area contributed by atoms with Gasteiger partial charge in [-0.05, 0) is 19.1 Å². The first-order valence-electron chi connectivity index (χ1n) is 4.27. The number of hydrogen-bond donors (Lipinski definition) is 2. The lowest BCUT2D eigenvalue weighted by atomic mass is 10.2. The van der Waals surface area contributed by atoms with Crippen molar-refractivity contribution in [2.75, 3.05) is 5.32 Å². The van der Waals surface area contributed by atoms with Crippen molar-refractivity contribution in [1.82, 2.24) is 0 Å². The Bertz CT molecular complexity index is 404. The highest BCUT2D eigenvalue weighted by Gasteiger charge is 2.09. The number of aromatic hydroxyl groups is 1. The number of phenolic OH excluding ortho intramolecular Hbond substituents is 1. The molecule has 0 unspecified atom stereocenters. The summed E-state index contributed by atoms with van der Waals surface area (Å²) in [6.07, 6.45) is -0.310. The molecule has 5 heteroatoms. The fourth-order valence-electron chi connectivity index (χ4n) is 1.03. The molecule has 2 N–H and O–H groups in total. The van der Waals surface area contributed by atoms with Crippen molar-refractivity contribution in [2.24, 2.45) is 0 Å². The lowest BCUT2D eigenvalue weighted by molar-refractivity contribution is -0.124. The molecule has 4 nitrogen and oxygen atoms in total. The third kappa shape index (κ3) is 3.38. The van der Waals surface area contributed by atoms with Gasteiger partial charge in [-0.25, -0.2) is 4.39 Å². The summed E-state index contributed by atoms with van der Waals surface area (Å²) >= 11 is 0. The molecule has 0 bridgehead atoms. The first-order chi connectivity index (χ1) is 6.99. The van der Waals surface area contributed by atoms with Gasteiger partial charge < -0.3 is 10.4 Å². The predicted molar refractivity (Wildman–Crippen MR) is 52.0 cm³/mol. The lowest BCUT2D eigenvalue weighted by Gasteiger charge is -2.05. The van der Waals surface area contributed by atoms with E-state index in [9.17, 15) is 14.0 Å². The second-order valence-electron chi connectivity index (χ2n) is 3.09. The number of carbonyl (C=O) groups is 2. The highest BCUT2D eigenvalue weighted by atomic mass is 19.1. The Morgan fingerprint density at radius 1 is 1.47 bits per heavy atom. The third-order valence-corrected chi connectivity index (χ3v) is 1.63. The minimum Gasteiger partial charge on any atom is -0.508 e. The van der Waals surface area contributed by atoms with Gasteiger partial charge in [0, 0.05) is 6.07 Å². The molecule has 0 atom stereocenters. The van der Waals surface area contributed by atoms with E-state index in [2.05, 4.69) is 5.32 Å². The number of nitrogens with one attached hydrogen (secondary N) is 1. The second kappa shape index (κ2) is 4.54. The molecule has 0 saturated carbocycles. The topological polar surface area (TPSA) is 66.4 Å². The fourth-order valence-corrected chi connectivity index (χ4v) is 1.03. The number of halogens is 1. The molecule has 0 heterocycles. The number of anilines is 1. The first kappa shape index (κ1) is 11.2. The van der Waals surface area contributed by atoms with Gasteiger partial charge in [0.05, 0.1) is 12.1 Å². The summed E-state index contributed by atoms with van der Waals surface area (Å²) in [5, 5.41) is 11.2. The highest BCUT2D eigenvalue weighted by molar-refractivity contribution is 6.03. The molecule has 15 heavy (non-hydrogen) atoms. The van der Waals surface area contributed by atoms with E-state index in [-0.39, 0.29) is 23.6 Å². The van der Waals surface area contributed by atoms with E-state index in [1.807, 2.05) is 0 Å². The van der Waals surface area contributed by atoms with Crippen molar-refractivity contribution in [1.29, 1.82) is 0 Å². The third-order valence-electron chi connectivity index (χ3n) is 1.63. The van der Waals surface area contributed by atoms with E-state index in [0.717, 1.165) is 18.2 Å². The van der Waals surface area contributed by atoms with Crippen LogP contribution < -0.4 is 5.32 Å². The largest absolute Gasteiger partial charge is 0.508 e. The van der Waals surface area contributed by atoms with Crippen molar-refractivity contribution < 1.29 is 19.1 Å². The first-order valence-corrected chi connectivity index (χ1v) is 4.27. The molecule has 0 aromatic heterocycles. The zero-order valence-electron chi connectivity index (χ0n) is 8.08. The zero-order chi connectivity index (χ0) is 11.4. The second-order valence-corrected chi connectivity index (χ2v) is 3.09. The Morgan fingerprint density at radius 2 is 2.13 bits per heavy atom. The van der Waals surface area contributed by atoms with Crippen LogP contribution in [0.15, 0.2) is 18.2 Å². The van der Waals surface area contributed by atoms with Gasteiger partial charge >= 0.3 is 0 Å². The van der Waals surface area contributed by atoms with E-state index in [0.29, 0.717) is 0 Å². The molecule has 0 fully saturated rings. The molecule has 0 spiro atoms. The van der Waals surface area contributed by atoms with Gasteiger partial charge in [0.2, 0.25) is 5.91 Å². The van der Waals surface area contributed by atoms with Crippen molar-refractivity contribution in [3.05, 3.63) is 24.0 Å². The molecule has 0 radical (unpaired) electrons. The predicted octanol–water partition coefficient (Wildman–Crippen LogP) is 1.45. The number of phenols is 1. The molecule has 0 saturated heterocycles. The number of hydrogen-bond acceptors (Lipinski definition) is 3. The molecule has 1 rings (SSSR count). The van der Waals surface area contributed by atoms with Crippen LogP contribution in [0.3, 0.4) is 0 Å². The summed E-state index contributed by atoms with van der Waals surface area (Å²) < 4.78 is 13.1. The van der Waals surface area contributed by atoms with Crippen LogP contribution in [0.2, 0.25) is 0 Å². The van der Waals surface area contributed by atoms with Crippen LogP contribution in [0, 0.1) is 5.82 Å². The Morgan fingerprint density at radius 3 is 2.73 bits per heavy atom. The smallest absolute Gasteiger partial charge is 0.231 e. The van der Waals surface area contributed by atoms with E-state index in [1.165, 1.54) is 6.92 Å². The van der Waals surface area contributed by atoms with Crippen LogP contribution in [0.4, 0.5) is 10.1 Å². The van der Waals surface area contributed by atoms with Gasteiger partial charge in [-0.1, -0.05) is 0 Å². The maximum atomic E-state index is 13.1. The minimum atomic E-state index is -0.662. The van der Waals surface area contributed by atoms with Crippen LogP contribution in [0.25, 0.3) is 0 Å². The summed E-state index contributed by atoms with van der Waals surface area (Å²) in [6, 6.07) is 3.27. The molecule has 80 valence electrons. The average Bonchev–Trinajstić information content (AvgIpc) is 2.10. The number of rotatable bonds is 3. The number of Topliss-reactive ketones (excluding diaryl/α,β-unsaturated/α-hetero) is 1. The number of ketones is 1. The van der Waals surface area contributed by atoms with Crippen molar-refractivity contribution in [3.63, 3.8) is 0 Å². The number of amides is 1. The van der Waals surface area contributed by atoms with Crippen molar-refractivity contribution in [2.45, 2.75) is 13.3 Å². The molecule has 1 aromatic rings. The number of benzene rings is 1. The molecule has 0 aliphatic rings. The van der Waals surface area contributed by atoms with Gasteiger partial charge in [-0.15, -0.1) is 0 Å². The maximum absolute atomic E-state index is 13.1. The fraction of sp³-hybridized carbons (Fsp3) is 0.200. The van der Waals surface area contributed by atoms with Crippen molar-refractivity contribution in [3.8, 4) is 5.75 Å². The monoisotopic (exact) mass is 211 g/mol. The van der Waals surface area contributed by atoms with Crippen LogP contribution >= 0.6 is 0 Å². The van der Waals surface area contributed by atoms with Gasteiger partial charge in [0.15, 0.2) is 0 Å². The van der Waals surface area contributed by atoms with Gasteiger partial charge in [0.25, 0.3) is 0 Å². The lowest BCUT2D eigenvalue weighted by Crippen LogP contribution is -2.15. The SMILES string of the molecule is CC(=O)CC(=O)Nc1cc(O)ccc1F. The standard InChI is InChI=1S/C10H10FNO3/c1-6(13)4-10(15)12-9-5-7(14)2-3-8(9)11/h2-3,5,14H,4H2,1H3,(H,12,15). The molecule has 0 aliphatic carbocycles. The van der Waals surface area contributed by atoms with Crippen LogP contribution in [-0.2, 0) is 9.59 Å². The van der Waals surface area contributed by atoms with Crippen molar-refractivity contribution >= 4 is 17.4 Å². The van der Waals surface area contributed by atoms with E-state index in [4.69, 9.17) is 5.11 Å². The van der Waals surface area contributed by atoms with Gasteiger partial charge in [-0.3, -0.25) is 9.59 Å². The Hall–Kier alpha value is -1.91. The maximum Gasteiger partial charge on any atom is 0.231 e. The quantitative estimate of drug-likeness (QED) is 0.743. The Labute approximate surface area is 85.7 Å². The highest BCUT2D eigenvalue weighted by Crippen LogP contribution is 2.20. The Kier molecular flexibility index (Phi) is 3.38. The van der Waals surface area contributed by atoms with E-state index in [1.54, 1.807) is 0 Å². The Balaban J connectivity index is 2.76. The summed E-state index contributed by atoms with van der Waals surface area (Å²) in [7, 11) is 0. The summed E-state index contributed by atoms with van der Waals surface area (Å²) in [6.45, 7) is 1.26. The van der Waals surface area contributed by atoms with Crippen LogP contribution in [0.5, 0.6) is 5.75 Å². The molecular formula is C10H10FNO3. The molecule has 0 aliphatic heterocycles. The average molecular weight is 211 g/mol. The normalized spacial score (nSPS) is 9.73. The van der Waals surface area contributed by atoms with E-state index < -0.39 is 11.7 Å². The summed E-state index contributed by atoms with van der Waals surface area (Å²) in [5.41, 5.74) is -0.138. The molecule has 1 amide bonds. The molecule has 1 aromatic carbocycles. The minimum absolute atomic E-state index is 0.138. The van der Waals surface area contributed by atoms with E-state index >= 15 is 0 Å². The van der Waals surface area contributed by atoms with Gasteiger partial charge in [-0.2, -0.15) is 0 Å². The zero-order valence-corrected chi connectivity index (χ0v) is 8.08. The van der Waals surface area contributed by atoms with Crippen LogP contribution in [0.1, 0.15) is 13.3 Å². The summed E-state index contributed by atoms with van der Waals surface area (Å²) in [5.74, 6) is -1.74. The van der Waals surface area contributed by atoms with Crippen LogP contribution in [-0.4, -0.2) is 16.8 Å². The number of carbonyl (C=O) groups excluding carboxylic acids is 2. The molecular weight excluding hydrogens is 201 g/mol. The van der Waals surface area contributed by atoms with Gasteiger partial charge in [0.1, 0.15) is 17.3 Å².